The van der Waals surface area contributed by atoms with E-state index in [1.54, 1.807) is 6.92 Å². The Morgan fingerprint density at radius 3 is 1.49 bits per heavy atom. The summed E-state index contributed by atoms with van der Waals surface area (Å²) < 4.78 is 24.1. The molecule has 5 amide bonds. The first-order chi connectivity index (χ1) is 36.5. The van der Waals surface area contributed by atoms with E-state index < -0.39 is 141 Å². The Labute approximate surface area is 452 Å². The Balaban J connectivity index is 2.30. The third-order valence-electron chi connectivity index (χ3n) is 14.7. The smallest absolute Gasteiger partial charge is 0.303 e. The van der Waals surface area contributed by atoms with Crippen molar-refractivity contribution in [2.45, 2.75) is 287 Å². The number of carboxylic acid groups (broad SMARTS) is 1. The molecule has 2 aliphatic rings. The lowest BCUT2D eigenvalue weighted by molar-refractivity contribution is -0.331. The fraction of sp³-hybridized carbons (Fsp3) is 0.891. The lowest BCUT2D eigenvalue weighted by atomic mass is 9.91. The lowest BCUT2D eigenvalue weighted by Crippen LogP contribution is -2.69. The predicted molar refractivity (Wildman–Crippen MR) is 285 cm³/mol. The molecule has 21 heteroatoms. The van der Waals surface area contributed by atoms with E-state index in [0.29, 0.717) is 12.8 Å². The quantitative estimate of drug-likeness (QED) is 0.0376. The number of rotatable bonds is 44. The number of carbonyl (C=O) groups excluding carboxylic acids is 5. The number of aliphatic hydroxyl groups excluding tert-OH is 5. The number of unbranched alkanes of at least 4 members (excludes halogenated alkanes) is 22. The molecule has 0 aromatic rings. The molecule has 0 aromatic carbocycles. The first kappa shape index (κ1) is 68.6. The average Bonchev–Trinajstić information content (AvgIpc) is 3.39. The minimum Gasteiger partial charge on any atom is -0.481 e. The Hall–Kier alpha value is -3.54. The molecule has 12 N–H and O–H groups in total. The molecule has 442 valence electrons. The Bertz CT molecular complexity index is 1600. The van der Waals surface area contributed by atoms with Gasteiger partial charge in [-0.25, -0.2) is 0 Å². The highest BCUT2D eigenvalue weighted by molar-refractivity contribution is 5.92. The van der Waals surface area contributed by atoms with Gasteiger partial charge in [0.05, 0.1) is 13.2 Å². The highest BCUT2D eigenvalue weighted by atomic mass is 16.7. The van der Waals surface area contributed by atoms with Crippen LogP contribution in [0.15, 0.2) is 0 Å². The summed E-state index contributed by atoms with van der Waals surface area (Å²) >= 11 is 0. The van der Waals surface area contributed by atoms with Gasteiger partial charge in [0.15, 0.2) is 12.6 Å². The molecular weight excluding hydrogens is 987 g/mol. The number of hydrogen-bond donors (Lipinski definition) is 11. The second-order valence-electron chi connectivity index (χ2n) is 21.1. The molecule has 12 unspecified atom stereocenters. The first-order valence-corrected chi connectivity index (χ1v) is 29.0. The van der Waals surface area contributed by atoms with Crippen LogP contribution >= 0.6 is 0 Å². The van der Waals surface area contributed by atoms with Crippen molar-refractivity contribution in [1.29, 1.82) is 0 Å². The maximum atomic E-state index is 14.5. The molecule has 2 heterocycles. The zero-order valence-electron chi connectivity index (χ0n) is 46.5. The van der Waals surface area contributed by atoms with E-state index >= 15 is 0 Å². The van der Waals surface area contributed by atoms with Crippen LogP contribution in [0.3, 0.4) is 0 Å². The lowest BCUT2D eigenvalue weighted by Gasteiger charge is -2.48. The Kier molecular flexibility index (Phi) is 36.6. The number of carbonyl (C=O) groups is 6. The molecule has 2 aliphatic heterocycles. The number of hydrogen-bond acceptors (Lipinski definition) is 15. The fourth-order valence-electron chi connectivity index (χ4n) is 10.1. The number of nitrogens with two attached hydrogens (primary N) is 1. The molecular formula is C55H101N5O16. The van der Waals surface area contributed by atoms with E-state index in [9.17, 15) is 54.3 Å². The van der Waals surface area contributed by atoms with E-state index in [1.165, 1.54) is 103 Å². The summed E-state index contributed by atoms with van der Waals surface area (Å²) in [4.78, 5) is 76.6. The van der Waals surface area contributed by atoms with Gasteiger partial charge in [0, 0.05) is 19.3 Å². The summed E-state index contributed by atoms with van der Waals surface area (Å²) in [5, 5.41) is 73.9. The van der Waals surface area contributed by atoms with E-state index in [0.717, 1.165) is 58.3 Å². The Morgan fingerprint density at radius 1 is 0.566 bits per heavy atom. The number of carboxylic acids is 1. The van der Waals surface area contributed by atoms with Crippen LogP contribution in [0.5, 0.6) is 0 Å². The summed E-state index contributed by atoms with van der Waals surface area (Å²) in [6.07, 6.45) is 15.6. The van der Waals surface area contributed by atoms with Crippen molar-refractivity contribution in [1.82, 2.24) is 21.3 Å². The molecule has 0 saturated carbocycles. The van der Waals surface area contributed by atoms with Crippen LogP contribution < -0.4 is 27.0 Å². The monoisotopic (exact) mass is 1090 g/mol. The molecule has 0 aliphatic carbocycles. The SMILES string of the molecule is CCCCCCCCCCCCCCC(CCCCCCCCCCCCCC)C(=O)NC1C(OC2C(CO)OC(O)C(NC(C)=O)C2OCC(=O)NC(CC)C(=O)NC(CCC(=O)O)C(N)=O)OC(CO)C(O)C1O. The predicted octanol–water partition coefficient (Wildman–Crippen LogP) is 4.42. The third-order valence-corrected chi connectivity index (χ3v) is 14.7. The van der Waals surface area contributed by atoms with Crippen LogP contribution in [0.25, 0.3) is 0 Å². The summed E-state index contributed by atoms with van der Waals surface area (Å²) in [6, 6.07) is -5.52. The van der Waals surface area contributed by atoms with Gasteiger partial charge in [-0.05, 0) is 25.7 Å². The van der Waals surface area contributed by atoms with Crippen molar-refractivity contribution in [2.75, 3.05) is 19.8 Å². The van der Waals surface area contributed by atoms with E-state index in [1.807, 2.05) is 0 Å². The molecule has 2 saturated heterocycles. The van der Waals surface area contributed by atoms with Crippen LogP contribution in [0, 0.1) is 5.92 Å². The third kappa shape index (κ3) is 26.9. The van der Waals surface area contributed by atoms with Crippen LogP contribution in [0.4, 0.5) is 0 Å². The molecule has 0 aromatic heterocycles. The van der Waals surface area contributed by atoms with Crippen LogP contribution in [-0.4, -0.2) is 159 Å². The van der Waals surface area contributed by atoms with Crippen molar-refractivity contribution in [3.8, 4) is 0 Å². The van der Waals surface area contributed by atoms with Crippen molar-refractivity contribution in [3.05, 3.63) is 0 Å². The highest BCUT2D eigenvalue weighted by Crippen LogP contribution is 2.31. The van der Waals surface area contributed by atoms with Crippen molar-refractivity contribution in [2.24, 2.45) is 11.7 Å². The van der Waals surface area contributed by atoms with Gasteiger partial charge in [-0.3, -0.25) is 28.8 Å². The zero-order valence-corrected chi connectivity index (χ0v) is 46.5. The maximum absolute atomic E-state index is 14.5. The van der Waals surface area contributed by atoms with Gasteiger partial charge in [-0.1, -0.05) is 175 Å². The van der Waals surface area contributed by atoms with Gasteiger partial charge >= 0.3 is 5.97 Å². The van der Waals surface area contributed by atoms with Gasteiger partial charge in [-0.2, -0.15) is 0 Å². The Morgan fingerprint density at radius 2 is 1.05 bits per heavy atom. The average molecular weight is 1090 g/mol. The van der Waals surface area contributed by atoms with Crippen molar-refractivity contribution < 1.29 is 78.4 Å². The number of primary amides is 1. The summed E-state index contributed by atoms with van der Waals surface area (Å²) in [6.45, 7) is 4.71. The maximum Gasteiger partial charge on any atom is 0.303 e. The largest absolute Gasteiger partial charge is 0.481 e. The van der Waals surface area contributed by atoms with Gasteiger partial charge in [0.1, 0.15) is 67.4 Å². The van der Waals surface area contributed by atoms with Crippen molar-refractivity contribution >= 4 is 35.5 Å². The van der Waals surface area contributed by atoms with Crippen LogP contribution in [-0.2, 0) is 47.7 Å². The number of aliphatic carboxylic acids is 1. The molecule has 2 rings (SSSR count). The topological polar surface area (TPSA) is 335 Å². The molecule has 0 spiro atoms. The summed E-state index contributed by atoms with van der Waals surface area (Å²) in [7, 11) is 0. The molecule has 0 radical (unpaired) electrons. The minimum atomic E-state index is -1.83. The van der Waals surface area contributed by atoms with Crippen LogP contribution in [0.2, 0.25) is 0 Å². The first-order valence-electron chi connectivity index (χ1n) is 29.0. The number of aliphatic hydroxyl groups is 5. The second-order valence-corrected chi connectivity index (χ2v) is 21.1. The normalized spacial score (nSPS) is 24.4. The number of amides is 5. The zero-order chi connectivity index (χ0) is 56.3. The molecule has 12 atom stereocenters. The number of nitrogens with one attached hydrogen (secondary N) is 4. The van der Waals surface area contributed by atoms with Gasteiger partial charge in [0.2, 0.25) is 29.5 Å². The van der Waals surface area contributed by atoms with E-state index in [4.69, 9.17) is 29.8 Å². The van der Waals surface area contributed by atoms with Gasteiger partial charge in [0.25, 0.3) is 0 Å². The molecule has 2 fully saturated rings. The van der Waals surface area contributed by atoms with Gasteiger partial charge in [-0.15, -0.1) is 0 Å². The van der Waals surface area contributed by atoms with Crippen molar-refractivity contribution in [3.63, 3.8) is 0 Å². The van der Waals surface area contributed by atoms with E-state index in [2.05, 4.69) is 35.1 Å². The van der Waals surface area contributed by atoms with Crippen LogP contribution in [0.1, 0.15) is 214 Å². The number of ether oxygens (including phenoxy) is 4. The molecule has 21 nitrogen and oxygen atoms in total. The summed E-state index contributed by atoms with van der Waals surface area (Å²) in [5.74, 6) is -5.44. The second kappa shape index (κ2) is 40.6. The summed E-state index contributed by atoms with van der Waals surface area (Å²) in [5.41, 5.74) is 5.37. The molecule has 76 heavy (non-hydrogen) atoms. The standard InChI is InChI=1S/C55H101N5O16/c1-5-8-10-12-14-16-18-20-22-24-26-28-30-38(31-29-27-25-23-21-19-17-15-13-11-9-6-2)52(70)60-45-48(68)47(67)41(34-61)75-55(45)76-49-42(35-62)74-54(72)46(57-37(4)63)50(49)73-36-43(64)58-39(7-3)53(71)59-40(51(56)69)32-33-44(65)66/h38-42,45-50,54-55,61-62,67-68,72H,5-36H2,1-4H3,(H2,56,69)(H,57,63)(H,58,64)(H,59,71)(H,60,70)(H,65,66). The van der Waals surface area contributed by atoms with E-state index in [-0.39, 0.29) is 12.8 Å². The fourth-order valence-corrected chi connectivity index (χ4v) is 10.1. The minimum absolute atomic E-state index is 0.0106. The highest BCUT2D eigenvalue weighted by Gasteiger charge is 2.52. The van der Waals surface area contributed by atoms with Gasteiger partial charge < -0.3 is 76.6 Å². The molecule has 0 bridgehead atoms.